The van der Waals surface area contributed by atoms with Crippen molar-refractivity contribution in [1.29, 1.82) is 0 Å². The van der Waals surface area contributed by atoms with Crippen LogP contribution >= 0.6 is 11.8 Å². The second kappa shape index (κ2) is 7.84. The van der Waals surface area contributed by atoms with Gasteiger partial charge in [-0.2, -0.15) is 0 Å². The molecule has 0 fully saturated rings. The van der Waals surface area contributed by atoms with Gasteiger partial charge in [-0.15, -0.1) is 10.2 Å². The fourth-order valence-electron chi connectivity index (χ4n) is 2.91. The van der Waals surface area contributed by atoms with Crippen LogP contribution in [0.3, 0.4) is 0 Å². The normalized spacial score (nSPS) is 12.8. The van der Waals surface area contributed by atoms with Gasteiger partial charge in [-0.05, 0) is 25.1 Å². The number of ether oxygens (including phenoxy) is 2. The largest absolute Gasteiger partial charge is 0.486 e. The average molecular weight is 381 g/mol. The zero-order valence-corrected chi connectivity index (χ0v) is 15.7. The predicted octanol–water partition coefficient (Wildman–Crippen LogP) is 3.71. The Kier molecular flexibility index (Phi) is 5.11. The Labute approximate surface area is 161 Å². The predicted molar refractivity (Wildman–Crippen MR) is 104 cm³/mol. The highest BCUT2D eigenvalue weighted by molar-refractivity contribution is 7.99. The highest BCUT2D eigenvalue weighted by atomic mass is 32.2. The zero-order valence-electron chi connectivity index (χ0n) is 14.9. The van der Waals surface area contributed by atoms with E-state index in [1.165, 1.54) is 11.8 Å². The molecule has 0 aliphatic carbocycles. The third kappa shape index (κ3) is 3.68. The zero-order chi connectivity index (χ0) is 18.6. The van der Waals surface area contributed by atoms with Crippen molar-refractivity contribution in [2.24, 2.45) is 0 Å². The number of aromatic nitrogens is 3. The second-order valence-electron chi connectivity index (χ2n) is 5.99. The molecule has 27 heavy (non-hydrogen) atoms. The minimum Gasteiger partial charge on any atom is -0.486 e. The summed E-state index contributed by atoms with van der Waals surface area (Å²) in [4.78, 5) is 12.6. The van der Waals surface area contributed by atoms with Gasteiger partial charge >= 0.3 is 0 Å². The minimum absolute atomic E-state index is 0.0175. The number of ketones is 1. The van der Waals surface area contributed by atoms with Gasteiger partial charge < -0.3 is 14.0 Å². The fourth-order valence-corrected chi connectivity index (χ4v) is 3.81. The molecule has 0 atom stereocenters. The number of rotatable bonds is 6. The van der Waals surface area contributed by atoms with Gasteiger partial charge in [-0.25, -0.2) is 0 Å². The third-order valence-corrected chi connectivity index (χ3v) is 5.23. The molecule has 1 aliphatic rings. The number of nitrogens with zero attached hydrogens (tertiary/aromatic N) is 3. The molecule has 4 rings (SSSR count). The lowest BCUT2D eigenvalue weighted by Crippen LogP contribution is -2.16. The standard InChI is InChI=1S/C20H19N3O3S/c1-2-23-19(14-6-4-3-5-7-14)21-22-20(23)27-13-16(24)15-8-9-17-18(12-15)26-11-10-25-17/h3-9,12H,2,10-11,13H2,1H3. The van der Waals surface area contributed by atoms with Crippen molar-refractivity contribution >= 4 is 17.5 Å². The summed E-state index contributed by atoms with van der Waals surface area (Å²) < 4.78 is 13.1. The van der Waals surface area contributed by atoms with Crippen LogP contribution in [0.5, 0.6) is 11.5 Å². The summed E-state index contributed by atoms with van der Waals surface area (Å²) in [6.07, 6.45) is 0. The lowest BCUT2D eigenvalue weighted by molar-refractivity contribution is 0.102. The molecular formula is C20H19N3O3S. The van der Waals surface area contributed by atoms with E-state index in [0.717, 1.165) is 23.1 Å². The van der Waals surface area contributed by atoms with Crippen LogP contribution in [0, 0.1) is 0 Å². The van der Waals surface area contributed by atoms with Crippen LogP contribution in [0.25, 0.3) is 11.4 Å². The highest BCUT2D eigenvalue weighted by Gasteiger charge is 2.17. The van der Waals surface area contributed by atoms with E-state index < -0.39 is 0 Å². The molecule has 138 valence electrons. The quantitative estimate of drug-likeness (QED) is 0.479. The van der Waals surface area contributed by atoms with Gasteiger partial charge in [0.2, 0.25) is 0 Å². The van der Waals surface area contributed by atoms with Crippen molar-refractivity contribution in [3.05, 3.63) is 54.1 Å². The van der Waals surface area contributed by atoms with Gasteiger partial charge in [-0.1, -0.05) is 42.1 Å². The minimum atomic E-state index is 0.0175. The number of carbonyl (C=O) groups excluding carboxylic acids is 1. The molecule has 0 unspecified atom stereocenters. The third-order valence-electron chi connectivity index (χ3n) is 4.26. The van der Waals surface area contributed by atoms with Crippen molar-refractivity contribution < 1.29 is 14.3 Å². The number of thioether (sulfide) groups is 1. The van der Waals surface area contributed by atoms with Crippen LogP contribution in [0.15, 0.2) is 53.7 Å². The van der Waals surface area contributed by atoms with Crippen molar-refractivity contribution in [1.82, 2.24) is 14.8 Å². The monoisotopic (exact) mass is 381 g/mol. The molecule has 0 saturated heterocycles. The summed E-state index contributed by atoms with van der Waals surface area (Å²) in [5.74, 6) is 2.42. The van der Waals surface area contributed by atoms with Crippen molar-refractivity contribution in [2.45, 2.75) is 18.6 Å². The fraction of sp³-hybridized carbons (Fsp3) is 0.250. The first-order valence-corrected chi connectivity index (χ1v) is 9.79. The first kappa shape index (κ1) is 17.6. The number of hydrogen-bond donors (Lipinski definition) is 0. The molecule has 0 amide bonds. The van der Waals surface area contributed by atoms with Crippen LogP contribution in [0.2, 0.25) is 0 Å². The van der Waals surface area contributed by atoms with Crippen LogP contribution in [-0.4, -0.2) is 39.5 Å². The van der Waals surface area contributed by atoms with E-state index in [1.54, 1.807) is 18.2 Å². The van der Waals surface area contributed by atoms with Crippen LogP contribution in [0.1, 0.15) is 17.3 Å². The summed E-state index contributed by atoms with van der Waals surface area (Å²) in [5.41, 5.74) is 1.62. The van der Waals surface area contributed by atoms with Gasteiger partial charge in [0.1, 0.15) is 13.2 Å². The average Bonchev–Trinajstić information content (AvgIpc) is 3.15. The molecule has 2 aromatic carbocycles. The lowest BCUT2D eigenvalue weighted by Gasteiger charge is -2.18. The van der Waals surface area contributed by atoms with E-state index in [0.29, 0.717) is 30.3 Å². The molecule has 0 N–H and O–H groups in total. The van der Waals surface area contributed by atoms with Gasteiger partial charge in [0.15, 0.2) is 28.3 Å². The Morgan fingerprint density at radius 3 is 2.63 bits per heavy atom. The Morgan fingerprint density at radius 2 is 1.85 bits per heavy atom. The molecule has 0 saturated carbocycles. The number of hydrogen-bond acceptors (Lipinski definition) is 6. The molecular weight excluding hydrogens is 362 g/mol. The molecule has 2 heterocycles. The molecule has 7 heteroatoms. The van der Waals surface area contributed by atoms with Gasteiger partial charge in [0.05, 0.1) is 5.75 Å². The maximum absolute atomic E-state index is 12.6. The second-order valence-corrected chi connectivity index (χ2v) is 6.93. The van der Waals surface area contributed by atoms with Crippen molar-refractivity contribution in [3.8, 4) is 22.9 Å². The van der Waals surface area contributed by atoms with E-state index >= 15 is 0 Å². The summed E-state index contributed by atoms with van der Waals surface area (Å²) in [6.45, 7) is 3.81. The van der Waals surface area contributed by atoms with E-state index in [9.17, 15) is 4.79 Å². The Bertz CT molecular complexity index is 956. The topological polar surface area (TPSA) is 66.2 Å². The number of fused-ring (bicyclic) bond motifs is 1. The van der Waals surface area contributed by atoms with Gasteiger partial charge in [0, 0.05) is 17.7 Å². The maximum atomic E-state index is 12.6. The van der Waals surface area contributed by atoms with Crippen molar-refractivity contribution in [2.75, 3.05) is 19.0 Å². The van der Waals surface area contributed by atoms with Crippen LogP contribution in [0.4, 0.5) is 0 Å². The Balaban J connectivity index is 1.49. The molecule has 0 bridgehead atoms. The summed E-state index contributed by atoms with van der Waals surface area (Å²) in [6, 6.07) is 15.2. The maximum Gasteiger partial charge on any atom is 0.191 e. The van der Waals surface area contributed by atoms with Gasteiger partial charge in [-0.3, -0.25) is 4.79 Å². The molecule has 1 aliphatic heterocycles. The Morgan fingerprint density at radius 1 is 1.07 bits per heavy atom. The summed E-state index contributed by atoms with van der Waals surface area (Å²) >= 11 is 1.40. The lowest BCUT2D eigenvalue weighted by atomic mass is 10.1. The SMILES string of the molecule is CCn1c(SCC(=O)c2ccc3c(c2)OCCO3)nnc1-c1ccccc1. The number of benzene rings is 2. The van der Waals surface area contributed by atoms with E-state index in [4.69, 9.17) is 9.47 Å². The van der Waals surface area contributed by atoms with E-state index in [-0.39, 0.29) is 11.5 Å². The van der Waals surface area contributed by atoms with Crippen LogP contribution < -0.4 is 9.47 Å². The molecule has 0 radical (unpaired) electrons. The molecule has 0 spiro atoms. The van der Waals surface area contributed by atoms with Crippen molar-refractivity contribution in [3.63, 3.8) is 0 Å². The number of Topliss-reactive ketones (excluding diaryl/α,β-unsaturated/α-hetero) is 1. The summed E-state index contributed by atoms with van der Waals surface area (Å²) in [5, 5.41) is 9.33. The molecule has 3 aromatic rings. The highest BCUT2D eigenvalue weighted by Crippen LogP contribution is 2.31. The Hall–Kier alpha value is -2.80. The van der Waals surface area contributed by atoms with E-state index in [2.05, 4.69) is 10.2 Å². The number of carbonyl (C=O) groups is 1. The first-order chi connectivity index (χ1) is 13.3. The smallest absolute Gasteiger partial charge is 0.191 e. The van der Waals surface area contributed by atoms with Gasteiger partial charge in [0.25, 0.3) is 0 Å². The first-order valence-electron chi connectivity index (χ1n) is 8.80. The van der Waals surface area contributed by atoms with Crippen LogP contribution in [-0.2, 0) is 6.54 Å². The van der Waals surface area contributed by atoms with E-state index in [1.807, 2.05) is 41.8 Å². The summed E-state index contributed by atoms with van der Waals surface area (Å²) in [7, 11) is 0. The molecule has 6 nitrogen and oxygen atoms in total. The molecule has 1 aromatic heterocycles.